The van der Waals surface area contributed by atoms with E-state index in [2.05, 4.69) is 5.16 Å². The molecule has 0 bridgehead atoms. The van der Waals surface area contributed by atoms with Gasteiger partial charge in [-0.3, -0.25) is 10.1 Å². The zero-order valence-corrected chi connectivity index (χ0v) is 17.6. The van der Waals surface area contributed by atoms with Gasteiger partial charge in [-0.05, 0) is 36.8 Å². The summed E-state index contributed by atoms with van der Waals surface area (Å²) < 4.78 is 11.6. The quantitative estimate of drug-likeness (QED) is 0.227. The molecule has 7 nitrogen and oxygen atoms in total. The SMILES string of the molecule is CCOc1cc(/C=N\OCc2cccc([N+](=O)[O-])c2)ccc1OCc1ccccc1Cl. The predicted molar refractivity (Wildman–Crippen MR) is 119 cm³/mol. The molecule has 8 heteroatoms. The van der Waals surface area contributed by atoms with E-state index in [9.17, 15) is 10.1 Å². The lowest BCUT2D eigenvalue weighted by Gasteiger charge is -2.13. The number of halogens is 1. The number of nitro benzene ring substituents is 1. The fourth-order valence-electron chi connectivity index (χ4n) is 2.73. The molecule has 3 aromatic rings. The summed E-state index contributed by atoms with van der Waals surface area (Å²) in [5.41, 5.74) is 2.31. The third-order valence-corrected chi connectivity index (χ3v) is 4.61. The third kappa shape index (κ3) is 6.45. The van der Waals surface area contributed by atoms with E-state index in [4.69, 9.17) is 25.9 Å². The Morgan fingerprint density at radius 1 is 1.00 bits per heavy atom. The van der Waals surface area contributed by atoms with Gasteiger partial charge in [0.25, 0.3) is 5.69 Å². The van der Waals surface area contributed by atoms with Gasteiger partial charge in [0.2, 0.25) is 0 Å². The number of rotatable bonds is 10. The minimum Gasteiger partial charge on any atom is -0.490 e. The Hall–Kier alpha value is -3.58. The van der Waals surface area contributed by atoms with E-state index in [0.717, 1.165) is 11.1 Å². The van der Waals surface area contributed by atoms with E-state index in [-0.39, 0.29) is 12.3 Å². The molecule has 0 spiro atoms. The van der Waals surface area contributed by atoms with E-state index in [1.165, 1.54) is 18.3 Å². The third-order valence-electron chi connectivity index (χ3n) is 4.24. The number of ether oxygens (including phenoxy) is 2. The second kappa shape index (κ2) is 11.0. The molecule has 0 aliphatic carbocycles. The molecule has 0 heterocycles. The van der Waals surface area contributed by atoms with Crippen molar-refractivity contribution in [3.63, 3.8) is 0 Å². The summed E-state index contributed by atoms with van der Waals surface area (Å²) in [6.07, 6.45) is 1.54. The van der Waals surface area contributed by atoms with E-state index >= 15 is 0 Å². The highest BCUT2D eigenvalue weighted by Gasteiger charge is 2.08. The first-order chi connectivity index (χ1) is 15.1. The molecule has 0 fully saturated rings. The van der Waals surface area contributed by atoms with E-state index in [0.29, 0.717) is 35.3 Å². The van der Waals surface area contributed by atoms with Gasteiger partial charge in [0, 0.05) is 28.3 Å². The zero-order chi connectivity index (χ0) is 22.1. The van der Waals surface area contributed by atoms with E-state index < -0.39 is 4.92 Å². The molecule has 0 aromatic heterocycles. The van der Waals surface area contributed by atoms with E-state index in [1.807, 2.05) is 37.3 Å². The summed E-state index contributed by atoms with van der Waals surface area (Å²) in [5.74, 6) is 1.17. The Kier molecular flexibility index (Phi) is 7.84. The second-order valence-corrected chi connectivity index (χ2v) is 6.86. The molecule has 0 amide bonds. The summed E-state index contributed by atoms with van der Waals surface area (Å²) in [7, 11) is 0. The highest BCUT2D eigenvalue weighted by atomic mass is 35.5. The number of benzene rings is 3. The topological polar surface area (TPSA) is 83.2 Å². The minimum absolute atomic E-state index is 0.0128. The van der Waals surface area contributed by atoms with Gasteiger partial charge in [-0.15, -0.1) is 0 Å². The lowest BCUT2D eigenvalue weighted by Crippen LogP contribution is -2.01. The first-order valence-corrected chi connectivity index (χ1v) is 9.96. The number of oxime groups is 1. The fraction of sp³-hybridized carbons (Fsp3) is 0.174. The van der Waals surface area contributed by atoms with Crippen LogP contribution in [0.1, 0.15) is 23.6 Å². The smallest absolute Gasteiger partial charge is 0.269 e. The van der Waals surface area contributed by atoms with Crippen LogP contribution in [0.3, 0.4) is 0 Å². The van der Waals surface area contributed by atoms with Crippen LogP contribution in [0.25, 0.3) is 0 Å². The molecule has 0 unspecified atom stereocenters. The largest absolute Gasteiger partial charge is 0.490 e. The average molecular weight is 441 g/mol. The predicted octanol–water partition coefficient (Wildman–Crippen LogP) is 5.78. The maximum absolute atomic E-state index is 10.8. The number of non-ortho nitro benzene ring substituents is 1. The molecule has 0 saturated carbocycles. The van der Waals surface area contributed by atoms with Crippen molar-refractivity contribution in [2.45, 2.75) is 20.1 Å². The highest BCUT2D eigenvalue weighted by molar-refractivity contribution is 6.31. The van der Waals surface area contributed by atoms with Crippen LogP contribution in [0.15, 0.2) is 71.9 Å². The van der Waals surface area contributed by atoms with Crippen molar-refractivity contribution in [1.29, 1.82) is 0 Å². The minimum atomic E-state index is -0.447. The van der Waals surface area contributed by atoms with Crippen molar-refractivity contribution in [2.75, 3.05) is 6.61 Å². The van der Waals surface area contributed by atoms with Crippen LogP contribution in [0.4, 0.5) is 5.69 Å². The molecule has 0 radical (unpaired) electrons. The first-order valence-electron chi connectivity index (χ1n) is 9.58. The lowest BCUT2D eigenvalue weighted by atomic mass is 10.2. The van der Waals surface area contributed by atoms with Crippen LogP contribution in [0, 0.1) is 10.1 Å². The van der Waals surface area contributed by atoms with Crippen molar-refractivity contribution in [3.8, 4) is 11.5 Å². The van der Waals surface area contributed by atoms with Crippen molar-refractivity contribution in [3.05, 3.63) is 98.6 Å². The fourth-order valence-corrected chi connectivity index (χ4v) is 2.92. The molecule has 160 valence electrons. The molecule has 3 aromatic carbocycles. The lowest BCUT2D eigenvalue weighted by molar-refractivity contribution is -0.384. The second-order valence-electron chi connectivity index (χ2n) is 6.45. The van der Waals surface area contributed by atoms with Gasteiger partial charge in [0.1, 0.15) is 13.2 Å². The van der Waals surface area contributed by atoms with Gasteiger partial charge in [-0.2, -0.15) is 0 Å². The van der Waals surface area contributed by atoms with Crippen molar-refractivity contribution >= 4 is 23.5 Å². The summed E-state index contributed by atoms with van der Waals surface area (Å²) >= 11 is 6.18. The molecule has 0 atom stereocenters. The van der Waals surface area contributed by atoms with Gasteiger partial charge in [-0.1, -0.05) is 47.1 Å². The van der Waals surface area contributed by atoms with Crippen LogP contribution in [0.2, 0.25) is 5.02 Å². The zero-order valence-electron chi connectivity index (χ0n) is 16.9. The molecule has 0 aliphatic heterocycles. The van der Waals surface area contributed by atoms with Crippen molar-refractivity contribution in [2.24, 2.45) is 5.16 Å². The molecular weight excluding hydrogens is 420 g/mol. The van der Waals surface area contributed by atoms with E-state index in [1.54, 1.807) is 24.3 Å². The van der Waals surface area contributed by atoms with Gasteiger partial charge in [-0.25, -0.2) is 0 Å². The molecule has 3 rings (SSSR count). The summed E-state index contributed by atoms with van der Waals surface area (Å²) in [6, 6.07) is 19.1. The van der Waals surface area contributed by atoms with Crippen molar-refractivity contribution < 1.29 is 19.2 Å². The molecular formula is C23H21ClN2O5. The van der Waals surface area contributed by atoms with Gasteiger partial charge < -0.3 is 14.3 Å². The van der Waals surface area contributed by atoms with Gasteiger partial charge in [0.15, 0.2) is 11.5 Å². The highest BCUT2D eigenvalue weighted by Crippen LogP contribution is 2.29. The van der Waals surface area contributed by atoms with Gasteiger partial charge in [0.05, 0.1) is 17.7 Å². The summed E-state index contributed by atoms with van der Waals surface area (Å²) in [6.45, 7) is 2.81. The van der Waals surface area contributed by atoms with Crippen LogP contribution in [-0.4, -0.2) is 17.7 Å². The van der Waals surface area contributed by atoms with Gasteiger partial charge >= 0.3 is 0 Å². The van der Waals surface area contributed by atoms with Crippen LogP contribution in [0.5, 0.6) is 11.5 Å². The Morgan fingerprint density at radius 2 is 1.84 bits per heavy atom. The Labute approximate surface area is 185 Å². The van der Waals surface area contributed by atoms with Crippen LogP contribution >= 0.6 is 11.6 Å². The Morgan fingerprint density at radius 3 is 2.61 bits per heavy atom. The normalized spacial score (nSPS) is 10.8. The number of hydrogen-bond donors (Lipinski definition) is 0. The molecule has 0 aliphatic rings. The van der Waals surface area contributed by atoms with Crippen LogP contribution in [-0.2, 0) is 18.1 Å². The number of hydrogen-bond acceptors (Lipinski definition) is 6. The maximum atomic E-state index is 10.8. The monoisotopic (exact) mass is 440 g/mol. The molecule has 0 saturated heterocycles. The van der Waals surface area contributed by atoms with Crippen molar-refractivity contribution in [1.82, 2.24) is 0 Å². The number of nitrogens with zero attached hydrogens (tertiary/aromatic N) is 2. The standard InChI is InChI=1S/C23H21ClN2O5/c1-2-29-23-13-17(10-11-22(23)30-16-19-7-3-4-9-21(19)24)14-25-31-15-18-6-5-8-20(12-18)26(27)28/h3-14H,2,15-16H2,1H3/b25-14-. The Balaban J connectivity index is 1.62. The average Bonchev–Trinajstić information content (AvgIpc) is 2.77. The van der Waals surface area contributed by atoms with Crippen LogP contribution < -0.4 is 9.47 Å². The molecule has 0 N–H and O–H groups in total. The first kappa shape index (κ1) is 22.1. The summed E-state index contributed by atoms with van der Waals surface area (Å²) in [4.78, 5) is 15.7. The maximum Gasteiger partial charge on any atom is 0.269 e. The summed E-state index contributed by atoms with van der Waals surface area (Å²) in [5, 5.41) is 15.4. The number of nitro groups is 1. The Bertz CT molecular complexity index is 1070. The molecule has 31 heavy (non-hydrogen) atoms.